The van der Waals surface area contributed by atoms with Crippen LogP contribution in [0.2, 0.25) is 0 Å². The summed E-state index contributed by atoms with van der Waals surface area (Å²) in [5, 5.41) is 0.911. The van der Waals surface area contributed by atoms with Gasteiger partial charge in [-0.2, -0.15) is 0 Å². The van der Waals surface area contributed by atoms with Gasteiger partial charge in [0.05, 0.1) is 37.6 Å². The number of fused-ring (bicyclic) bond motifs is 1. The molecule has 0 unspecified atom stereocenters. The molecule has 3 aromatic carbocycles. The third kappa shape index (κ3) is 5.03. The van der Waals surface area contributed by atoms with E-state index < -0.39 is 0 Å². The van der Waals surface area contributed by atoms with Gasteiger partial charge in [0.25, 0.3) is 0 Å². The van der Waals surface area contributed by atoms with Gasteiger partial charge in [0.2, 0.25) is 0 Å². The van der Waals surface area contributed by atoms with Crippen molar-refractivity contribution in [1.82, 2.24) is 4.98 Å². The molecule has 0 spiro atoms. The lowest BCUT2D eigenvalue weighted by Gasteiger charge is -2.38. The van der Waals surface area contributed by atoms with Crippen LogP contribution in [0.3, 0.4) is 0 Å². The van der Waals surface area contributed by atoms with Gasteiger partial charge in [-0.05, 0) is 73.7 Å². The number of piperazine rings is 1. The molecule has 5 rings (SSSR count). The Bertz CT molecular complexity index is 1380. The third-order valence-electron chi connectivity index (χ3n) is 6.75. The zero-order chi connectivity index (χ0) is 25.8. The fourth-order valence-electron chi connectivity index (χ4n) is 4.80. The van der Waals surface area contributed by atoms with E-state index >= 15 is 0 Å². The summed E-state index contributed by atoms with van der Waals surface area (Å²) in [6.45, 7) is 5.72. The van der Waals surface area contributed by atoms with E-state index in [4.69, 9.17) is 14.2 Å². The van der Waals surface area contributed by atoms with E-state index in [9.17, 15) is 4.79 Å². The first kappa shape index (κ1) is 24.4. The number of ketones is 1. The zero-order valence-electron chi connectivity index (χ0n) is 21.4. The minimum Gasteiger partial charge on any atom is -0.497 e. The summed E-state index contributed by atoms with van der Waals surface area (Å²) in [6, 6.07) is 21.2. The van der Waals surface area contributed by atoms with Crippen LogP contribution in [0.25, 0.3) is 10.9 Å². The first-order valence-corrected chi connectivity index (χ1v) is 12.5. The molecular formula is C30H31N3O4. The Labute approximate surface area is 217 Å². The summed E-state index contributed by atoms with van der Waals surface area (Å²) in [5.41, 5.74) is 4.08. The molecule has 0 radical (unpaired) electrons. The predicted molar refractivity (Wildman–Crippen MR) is 147 cm³/mol. The van der Waals surface area contributed by atoms with E-state index in [0.29, 0.717) is 17.7 Å². The molecule has 7 heteroatoms. The molecule has 0 aliphatic carbocycles. The van der Waals surface area contributed by atoms with Gasteiger partial charge in [0.1, 0.15) is 17.2 Å². The van der Waals surface area contributed by atoms with Crippen molar-refractivity contribution >= 4 is 28.1 Å². The highest BCUT2D eigenvalue weighted by molar-refractivity contribution is 6.16. The monoisotopic (exact) mass is 497 g/mol. The van der Waals surface area contributed by atoms with Crippen LogP contribution in [0.5, 0.6) is 17.2 Å². The third-order valence-corrected chi connectivity index (χ3v) is 6.75. The Balaban J connectivity index is 1.49. The largest absolute Gasteiger partial charge is 0.497 e. The van der Waals surface area contributed by atoms with Crippen molar-refractivity contribution in [3.63, 3.8) is 0 Å². The molecule has 1 aromatic heterocycles. The van der Waals surface area contributed by atoms with Crippen LogP contribution in [0.1, 0.15) is 22.8 Å². The number of hydrogen-bond acceptors (Lipinski definition) is 7. The van der Waals surface area contributed by atoms with Crippen LogP contribution in [-0.2, 0) is 0 Å². The number of hydrogen-bond donors (Lipinski definition) is 0. The SMILES string of the molecule is CCOc1ccc(C(=O)c2cnc3ccc(OC)cc3c2N2CCN(c3ccc(OC)cc3)CC2)cc1. The fourth-order valence-corrected chi connectivity index (χ4v) is 4.80. The van der Waals surface area contributed by atoms with Crippen molar-refractivity contribution in [2.75, 3.05) is 56.8 Å². The van der Waals surface area contributed by atoms with Crippen LogP contribution >= 0.6 is 0 Å². The second-order valence-corrected chi connectivity index (χ2v) is 8.86. The van der Waals surface area contributed by atoms with Gasteiger partial charge in [0, 0.05) is 49.0 Å². The Morgan fingerprint density at radius 3 is 2.08 bits per heavy atom. The molecule has 7 nitrogen and oxygen atoms in total. The number of carbonyl (C=O) groups is 1. The molecule has 1 aliphatic heterocycles. The van der Waals surface area contributed by atoms with Gasteiger partial charge >= 0.3 is 0 Å². The predicted octanol–water partition coefficient (Wildman–Crippen LogP) is 5.21. The van der Waals surface area contributed by atoms with Crippen LogP contribution in [0.15, 0.2) is 72.9 Å². The molecule has 0 bridgehead atoms. The molecular weight excluding hydrogens is 466 g/mol. The highest BCUT2D eigenvalue weighted by atomic mass is 16.5. The van der Waals surface area contributed by atoms with Crippen LogP contribution in [-0.4, -0.2) is 57.8 Å². The number of rotatable bonds is 8. The number of ether oxygens (including phenoxy) is 3. The molecule has 0 atom stereocenters. The normalized spacial score (nSPS) is 13.5. The zero-order valence-corrected chi connectivity index (χ0v) is 21.4. The second kappa shape index (κ2) is 10.8. The molecule has 190 valence electrons. The molecule has 0 amide bonds. The Kier molecular flexibility index (Phi) is 7.12. The lowest BCUT2D eigenvalue weighted by Crippen LogP contribution is -2.47. The number of aromatic nitrogens is 1. The quantitative estimate of drug-likeness (QED) is 0.310. The number of carbonyl (C=O) groups excluding carboxylic acids is 1. The molecule has 37 heavy (non-hydrogen) atoms. The highest BCUT2D eigenvalue weighted by Gasteiger charge is 2.25. The lowest BCUT2D eigenvalue weighted by molar-refractivity contribution is 0.103. The van der Waals surface area contributed by atoms with E-state index in [1.165, 1.54) is 0 Å². The number of benzene rings is 3. The van der Waals surface area contributed by atoms with E-state index in [-0.39, 0.29) is 5.78 Å². The number of methoxy groups -OCH3 is 2. The fraction of sp³-hybridized carbons (Fsp3) is 0.267. The molecule has 2 heterocycles. The maximum absolute atomic E-state index is 13.8. The molecule has 0 N–H and O–H groups in total. The summed E-state index contributed by atoms with van der Waals surface area (Å²) in [6.07, 6.45) is 1.71. The maximum Gasteiger partial charge on any atom is 0.196 e. The summed E-state index contributed by atoms with van der Waals surface area (Å²) in [7, 11) is 3.32. The minimum absolute atomic E-state index is 0.0622. The molecule has 1 saturated heterocycles. The van der Waals surface area contributed by atoms with E-state index in [1.54, 1.807) is 20.4 Å². The minimum atomic E-state index is -0.0622. The molecule has 1 aliphatic rings. The van der Waals surface area contributed by atoms with Gasteiger partial charge in [-0.15, -0.1) is 0 Å². The van der Waals surface area contributed by atoms with E-state index in [2.05, 4.69) is 26.9 Å². The Morgan fingerprint density at radius 1 is 0.811 bits per heavy atom. The van der Waals surface area contributed by atoms with E-state index in [1.807, 2.05) is 61.5 Å². The van der Waals surface area contributed by atoms with E-state index in [0.717, 1.165) is 65.7 Å². The first-order valence-electron chi connectivity index (χ1n) is 12.5. The van der Waals surface area contributed by atoms with Crippen molar-refractivity contribution in [1.29, 1.82) is 0 Å². The number of anilines is 2. The van der Waals surface area contributed by atoms with Gasteiger partial charge in [-0.25, -0.2) is 0 Å². The smallest absolute Gasteiger partial charge is 0.196 e. The van der Waals surface area contributed by atoms with Gasteiger partial charge in [0.15, 0.2) is 5.78 Å². The van der Waals surface area contributed by atoms with Crippen molar-refractivity contribution in [2.45, 2.75) is 6.92 Å². The summed E-state index contributed by atoms with van der Waals surface area (Å²) < 4.78 is 16.4. The molecule has 1 fully saturated rings. The average molecular weight is 498 g/mol. The van der Waals surface area contributed by atoms with Gasteiger partial charge in [-0.1, -0.05) is 0 Å². The van der Waals surface area contributed by atoms with Crippen LogP contribution in [0, 0.1) is 0 Å². The van der Waals surface area contributed by atoms with Crippen molar-refractivity contribution < 1.29 is 19.0 Å². The van der Waals surface area contributed by atoms with Crippen molar-refractivity contribution in [2.24, 2.45) is 0 Å². The summed E-state index contributed by atoms with van der Waals surface area (Å²) >= 11 is 0. The highest BCUT2D eigenvalue weighted by Crippen LogP contribution is 2.35. The molecule has 0 saturated carbocycles. The first-order chi connectivity index (χ1) is 18.1. The second-order valence-electron chi connectivity index (χ2n) is 8.86. The topological polar surface area (TPSA) is 64.1 Å². The van der Waals surface area contributed by atoms with Gasteiger partial charge in [-0.3, -0.25) is 9.78 Å². The summed E-state index contributed by atoms with van der Waals surface area (Å²) in [5.74, 6) is 2.26. The van der Waals surface area contributed by atoms with Crippen molar-refractivity contribution in [3.05, 3.63) is 84.1 Å². The van der Waals surface area contributed by atoms with Crippen molar-refractivity contribution in [3.8, 4) is 17.2 Å². The number of nitrogens with zero attached hydrogens (tertiary/aromatic N) is 3. The average Bonchev–Trinajstić information content (AvgIpc) is 2.96. The number of pyridine rings is 1. The Morgan fingerprint density at radius 2 is 1.43 bits per heavy atom. The molecule has 4 aromatic rings. The van der Waals surface area contributed by atoms with Crippen LogP contribution in [0.4, 0.5) is 11.4 Å². The maximum atomic E-state index is 13.8. The van der Waals surface area contributed by atoms with Gasteiger partial charge < -0.3 is 24.0 Å². The lowest BCUT2D eigenvalue weighted by atomic mass is 9.99. The standard InChI is InChI=1S/C30H31N3O4/c1-4-37-24-9-5-21(6-10-24)30(34)27-20-31-28-14-13-25(36-3)19-26(28)29(27)33-17-15-32(16-18-33)22-7-11-23(35-2)12-8-22/h5-14,19-20H,4,15-18H2,1-3H3. The summed E-state index contributed by atoms with van der Waals surface area (Å²) in [4.78, 5) is 23.0. The Hall–Kier alpha value is -4.26. The van der Waals surface area contributed by atoms with Crippen LogP contribution < -0.4 is 24.0 Å².